The van der Waals surface area contributed by atoms with E-state index in [2.05, 4.69) is 32.5 Å². The van der Waals surface area contributed by atoms with Gasteiger partial charge in [-0.3, -0.25) is 38.9 Å². The number of nitrogens with zero attached hydrogens (tertiary/aromatic N) is 4. The molecule has 6 unspecified atom stereocenters. The third-order valence-corrected chi connectivity index (χ3v) is 8.98. The summed E-state index contributed by atoms with van der Waals surface area (Å²) < 4.78 is 13.0. The van der Waals surface area contributed by atoms with Gasteiger partial charge in [0.25, 0.3) is 5.56 Å². The first-order chi connectivity index (χ1) is 26.6. The Morgan fingerprint density at radius 2 is 1.77 bits per heavy atom. The Kier molecular flexibility index (Phi) is 17.0. The van der Waals surface area contributed by atoms with Crippen LogP contribution in [-0.4, -0.2) is 128 Å². The Morgan fingerprint density at radius 1 is 1.07 bits per heavy atom. The van der Waals surface area contributed by atoms with Crippen LogP contribution in [0, 0.1) is 5.92 Å². The lowest BCUT2D eigenvalue weighted by molar-refractivity contribution is -0.133. The van der Waals surface area contributed by atoms with E-state index in [9.17, 15) is 43.8 Å². The quantitative estimate of drug-likeness (QED) is 0.0192. The summed E-state index contributed by atoms with van der Waals surface area (Å²) >= 11 is 0. The number of aromatic nitrogens is 4. The number of amides is 5. The molecule has 2 aromatic rings. The molecular formula is C33H54N12O11. The number of nitrogens with two attached hydrogens (primary N) is 3. The van der Waals surface area contributed by atoms with Crippen molar-refractivity contribution in [2.75, 3.05) is 39.0 Å². The number of carbonyl (C=O) groups is 5. The second-order valence-electron chi connectivity index (χ2n) is 13.6. The fourth-order valence-electron chi connectivity index (χ4n) is 5.92. The summed E-state index contributed by atoms with van der Waals surface area (Å²) in [5.74, 6) is 2.43. The molecule has 3 heterocycles. The average molecular weight is 795 g/mol. The number of carbonyl (C=O) groups excluding carboxylic acids is 5. The standard InChI is InChI=1S/C33H54N12O11/c1-5-14-44-23-26(40-31(35)41-29(23)52)45(32(44)53)30-25(49)24(48)19(56-30)16-55-33(54)43(4)15-13-37-27(50)18(9-6-7-12-34)38-28(51)22(17(2)3)39-20(46)10-8-11-21(47)42-36/h5,17-19,22,24-25,30,48-49H,1,6-16,34,36H2,2-4H3,(H,37,50)(H,38,51)(H,39,46)(H,42,47)(H3,35,40,41,52). The molecule has 2 aromatic heterocycles. The van der Waals surface area contributed by atoms with Gasteiger partial charge in [0.2, 0.25) is 29.6 Å². The Hall–Kier alpha value is -5.36. The van der Waals surface area contributed by atoms with Crippen molar-refractivity contribution in [3.63, 3.8) is 0 Å². The molecule has 312 valence electrons. The number of fused-ring (bicyclic) bond motifs is 1. The van der Waals surface area contributed by atoms with Crippen molar-refractivity contribution in [1.82, 2.24) is 45.4 Å². The molecule has 0 saturated carbocycles. The highest BCUT2D eigenvalue weighted by atomic mass is 16.6. The van der Waals surface area contributed by atoms with Gasteiger partial charge >= 0.3 is 11.8 Å². The van der Waals surface area contributed by atoms with Crippen molar-refractivity contribution in [3.8, 4) is 0 Å². The van der Waals surface area contributed by atoms with E-state index in [4.69, 9.17) is 26.8 Å². The molecule has 3 rings (SSSR count). The monoisotopic (exact) mass is 794 g/mol. The van der Waals surface area contributed by atoms with Crippen LogP contribution in [0.2, 0.25) is 0 Å². The summed E-state index contributed by atoms with van der Waals surface area (Å²) in [6.45, 7) is 6.69. The molecule has 0 aromatic carbocycles. The number of hydrogen-bond donors (Lipinski definition) is 10. The van der Waals surface area contributed by atoms with Crippen LogP contribution in [0.4, 0.5) is 10.7 Å². The maximum atomic E-state index is 13.3. The fourth-order valence-corrected chi connectivity index (χ4v) is 5.92. The molecule has 0 bridgehead atoms. The molecule has 23 nitrogen and oxygen atoms in total. The Bertz CT molecular complexity index is 1830. The summed E-state index contributed by atoms with van der Waals surface area (Å²) in [6, 6.07) is -1.95. The Morgan fingerprint density at radius 3 is 2.41 bits per heavy atom. The lowest BCUT2D eigenvalue weighted by atomic mass is 10.0. The highest BCUT2D eigenvalue weighted by molar-refractivity contribution is 5.92. The third kappa shape index (κ3) is 11.6. The zero-order chi connectivity index (χ0) is 41.7. The van der Waals surface area contributed by atoms with Crippen molar-refractivity contribution >= 4 is 46.8 Å². The number of imidazole rings is 1. The van der Waals surface area contributed by atoms with Gasteiger partial charge in [0, 0.05) is 39.5 Å². The number of rotatable bonds is 21. The van der Waals surface area contributed by atoms with Crippen LogP contribution in [0.25, 0.3) is 11.2 Å². The number of anilines is 1. The smallest absolute Gasteiger partial charge is 0.409 e. The lowest BCUT2D eigenvalue weighted by Gasteiger charge is -2.26. The molecule has 5 amide bonds. The van der Waals surface area contributed by atoms with Crippen LogP contribution in [0.15, 0.2) is 22.2 Å². The SMILES string of the molecule is C=CCn1c(=O)n(C2OC(COC(=O)N(C)CCNC(=O)C(CCCCN)NC(=O)C(NC(=O)CCCC(=O)NN)C(C)C)C(O)C2O)c2nc(N)[nH]c(=O)c21. The maximum absolute atomic E-state index is 13.3. The number of H-pyrrole nitrogens is 1. The molecule has 1 saturated heterocycles. The largest absolute Gasteiger partial charge is 0.447 e. The predicted octanol–water partition coefficient (Wildman–Crippen LogP) is -3.63. The van der Waals surface area contributed by atoms with Crippen LogP contribution in [0.1, 0.15) is 58.6 Å². The summed E-state index contributed by atoms with van der Waals surface area (Å²) in [4.78, 5) is 96.5. The minimum absolute atomic E-state index is 0.0160. The van der Waals surface area contributed by atoms with E-state index in [1.54, 1.807) is 13.8 Å². The van der Waals surface area contributed by atoms with E-state index in [-0.39, 0.29) is 68.3 Å². The molecular weight excluding hydrogens is 740 g/mol. The van der Waals surface area contributed by atoms with Gasteiger partial charge in [-0.05, 0) is 38.1 Å². The molecule has 0 radical (unpaired) electrons. The molecule has 0 aliphatic carbocycles. The predicted molar refractivity (Wildman–Crippen MR) is 200 cm³/mol. The van der Waals surface area contributed by atoms with Crippen molar-refractivity contribution < 1.29 is 43.7 Å². The van der Waals surface area contributed by atoms with Gasteiger partial charge in [-0.1, -0.05) is 19.9 Å². The minimum Gasteiger partial charge on any atom is -0.447 e. The summed E-state index contributed by atoms with van der Waals surface area (Å²) in [6.07, 6.45) is -4.06. The average Bonchev–Trinajstić information content (AvgIpc) is 3.58. The summed E-state index contributed by atoms with van der Waals surface area (Å²) in [5, 5.41) is 29.6. The van der Waals surface area contributed by atoms with Crippen LogP contribution < -0.4 is 49.9 Å². The van der Waals surface area contributed by atoms with Crippen LogP contribution in [-0.2, 0) is 35.2 Å². The molecule has 1 aliphatic rings. The number of hydrogen-bond acceptors (Lipinski definition) is 15. The van der Waals surface area contributed by atoms with Crippen molar-refractivity contribution in [1.29, 1.82) is 0 Å². The van der Waals surface area contributed by atoms with Crippen molar-refractivity contribution in [3.05, 3.63) is 33.5 Å². The van der Waals surface area contributed by atoms with Crippen LogP contribution in [0.3, 0.4) is 0 Å². The maximum Gasteiger partial charge on any atom is 0.409 e. The van der Waals surface area contributed by atoms with Gasteiger partial charge in [0.1, 0.15) is 37.0 Å². The molecule has 0 spiro atoms. The zero-order valence-corrected chi connectivity index (χ0v) is 31.7. The van der Waals surface area contributed by atoms with Crippen molar-refractivity contribution in [2.45, 2.75) is 95.5 Å². The van der Waals surface area contributed by atoms with Gasteiger partial charge < -0.3 is 52.0 Å². The zero-order valence-electron chi connectivity index (χ0n) is 31.7. The van der Waals surface area contributed by atoms with E-state index in [0.717, 1.165) is 14.0 Å². The summed E-state index contributed by atoms with van der Waals surface area (Å²) in [5.41, 5.74) is 11.4. The first kappa shape index (κ1) is 45.0. The molecule has 13 N–H and O–H groups in total. The van der Waals surface area contributed by atoms with Crippen LogP contribution >= 0.6 is 0 Å². The number of ether oxygens (including phenoxy) is 2. The number of nitrogen functional groups attached to an aromatic ring is 1. The first-order valence-corrected chi connectivity index (χ1v) is 18.1. The number of aliphatic hydroxyl groups excluding tert-OH is 2. The number of allylic oxidation sites excluding steroid dienone is 1. The molecule has 1 aliphatic heterocycles. The van der Waals surface area contributed by atoms with Gasteiger partial charge in [-0.2, -0.15) is 4.98 Å². The molecule has 56 heavy (non-hydrogen) atoms. The Balaban J connectivity index is 1.57. The summed E-state index contributed by atoms with van der Waals surface area (Å²) in [7, 11) is 1.39. The Labute approximate surface area is 321 Å². The number of nitrogens with one attached hydrogen (secondary N) is 5. The highest BCUT2D eigenvalue weighted by Gasteiger charge is 2.46. The van der Waals surface area contributed by atoms with Gasteiger partial charge in [0.05, 0.1) is 0 Å². The van der Waals surface area contributed by atoms with Crippen molar-refractivity contribution in [2.24, 2.45) is 17.5 Å². The fraction of sp³-hybridized carbons (Fsp3) is 0.636. The van der Waals surface area contributed by atoms with E-state index < -0.39 is 84.2 Å². The molecule has 23 heteroatoms. The normalized spacial score (nSPS) is 18.9. The second kappa shape index (κ2) is 21.1. The third-order valence-electron chi connectivity index (χ3n) is 8.98. The van der Waals surface area contributed by atoms with E-state index in [0.29, 0.717) is 19.4 Å². The number of hydrazine groups is 1. The topological polar surface area (TPSA) is 346 Å². The molecule has 1 fully saturated rings. The van der Waals surface area contributed by atoms with Gasteiger partial charge in [-0.25, -0.2) is 20.0 Å². The van der Waals surface area contributed by atoms with E-state index in [1.807, 2.05) is 5.43 Å². The minimum atomic E-state index is -1.70. The lowest BCUT2D eigenvalue weighted by Crippen LogP contribution is -2.55. The number of aromatic amines is 1. The number of unbranched alkanes of at least 4 members (excludes halogenated alkanes) is 1. The van der Waals surface area contributed by atoms with Gasteiger partial charge in [0.15, 0.2) is 17.4 Å². The highest BCUT2D eigenvalue weighted by Crippen LogP contribution is 2.30. The number of likely N-dealkylation sites (N-methyl/N-ethyl adjacent to an activating group) is 1. The number of aliphatic hydroxyl groups is 2. The van der Waals surface area contributed by atoms with E-state index >= 15 is 0 Å². The molecule has 6 atom stereocenters. The van der Waals surface area contributed by atoms with E-state index in [1.165, 1.54) is 13.1 Å². The van der Waals surface area contributed by atoms with Gasteiger partial charge in [-0.15, -0.1) is 6.58 Å². The van der Waals surface area contributed by atoms with Crippen LogP contribution in [0.5, 0.6) is 0 Å². The second-order valence-corrected chi connectivity index (χ2v) is 13.6. The first-order valence-electron chi connectivity index (χ1n) is 18.1.